The number of anilines is 3. The SMILES string of the molecule is COc1cccc(NC(=O)c2cc(Nc3ccc(OC)c(Cl)c3)ccn2)c1. The molecule has 1 aromatic heterocycles. The first-order chi connectivity index (χ1) is 13.1. The van der Waals surface area contributed by atoms with Crippen LogP contribution >= 0.6 is 11.6 Å². The van der Waals surface area contributed by atoms with Gasteiger partial charge in [-0.15, -0.1) is 0 Å². The minimum Gasteiger partial charge on any atom is -0.497 e. The maximum Gasteiger partial charge on any atom is 0.274 e. The van der Waals surface area contributed by atoms with Gasteiger partial charge in [-0.1, -0.05) is 17.7 Å². The molecule has 138 valence electrons. The van der Waals surface area contributed by atoms with Crippen molar-refractivity contribution in [3.8, 4) is 11.5 Å². The number of carbonyl (C=O) groups excluding carboxylic acids is 1. The van der Waals surface area contributed by atoms with Crippen molar-refractivity contribution in [1.82, 2.24) is 4.98 Å². The quantitative estimate of drug-likeness (QED) is 0.642. The smallest absolute Gasteiger partial charge is 0.274 e. The largest absolute Gasteiger partial charge is 0.497 e. The number of carbonyl (C=O) groups is 1. The van der Waals surface area contributed by atoms with Crippen molar-refractivity contribution in [3.63, 3.8) is 0 Å². The van der Waals surface area contributed by atoms with Crippen molar-refractivity contribution < 1.29 is 14.3 Å². The van der Waals surface area contributed by atoms with Crippen LogP contribution in [0.15, 0.2) is 60.8 Å². The highest BCUT2D eigenvalue weighted by Crippen LogP contribution is 2.29. The van der Waals surface area contributed by atoms with Gasteiger partial charge in [-0.2, -0.15) is 0 Å². The van der Waals surface area contributed by atoms with Crippen LogP contribution < -0.4 is 20.1 Å². The Kier molecular flexibility index (Phi) is 5.78. The van der Waals surface area contributed by atoms with Crippen molar-refractivity contribution in [2.45, 2.75) is 0 Å². The Morgan fingerprint density at radius 1 is 0.963 bits per heavy atom. The first-order valence-electron chi connectivity index (χ1n) is 8.11. The third-order valence-corrected chi connectivity index (χ3v) is 4.06. The maximum absolute atomic E-state index is 12.5. The van der Waals surface area contributed by atoms with E-state index < -0.39 is 0 Å². The van der Waals surface area contributed by atoms with Crippen LogP contribution in [0, 0.1) is 0 Å². The third kappa shape index (κ3) is 4.68. The number of amides is 1. The Labute approximate surface area is 162 Å². The van der Waals surface area contributed by atoms with E-state index in [0.29, 0.717) is 27.9 Å². The van der Waals surface area contributed by atoms with E-state index in [4.69, 9.17) is 21.1 Å². The highest BCUT2D eigenvalue weighted by Gasteiger charge is 2.10. The molecular weight excluding hydrogens is 366 g/mol. The molecule has 1 heterocycles. The van der Waals surface area contributed by atoms with Crippen LogP contribution in [-0.4, -0.2) is 25.1 Å². The molecule has 0 bridgehead atoms. The van der Waals surface area contributed by atoms with Crippen molar-refractivity contribution in [2.75, 3.05) is 24.9 Å². The predicted molar refractivity (Wildman–Crippen MR) is 106 cm³/mol. The van der Waals surface area contributed by atoms with Crippen molar-refractivity contribution in [2.24, 2.45) is 0 Å². The number of hydrogen-bond donors (Lipinski definition) is 2. The van der Waals surface area contributed by atoms with E-state index in [1.165, 1.54) is 0 Å². The molecule has 3 rings (SSSR count). The average Bonchev–Trinajstić information content (AvgIpc) is 2.68. The van der Waals surface area contributed by atoms with Gasteiger partial charge in [0.15, 0.2) is 0 Å². The fourth-order valence-electron chi connectivity index (χ4n) is 2.44. The summed E-state index contributed by atoms with van der Waals surface area (Å²) in [6, 6.07) is 15.9. The Balaban J connectivity index is 1.74. The number of hydrogen-bond acceptors (Lipinski definition) is 5. The van der Waals surface area contributed by atoms with E-state index >= 15 is 0 Å². The zero-order valence-electron chi connectivity index (χ0n) is 14.8. The Hall–Kier alpha value is -3.25. The molecule has 0 fully saturated rings. The summed E-state index contributed by atoms with van der Waals surface area (Å²) in [5.41, 5.74) is 2.39. The number of pyridine rings is 1. The lowest BCUT2D eigenvalue weighted by Gasteiger charge is -2.10. The minimum absolute atomic E-state index is 0.280. The summed E-state index contributed by atoms with van der Waals surface area (Å²) in [7, 11) is 3.13. The second-order valence-electron chi connectivity index (χ2n) is 5.59. The van der Waals surface area contributed by atoms with E-state index in [1.807, 2.05) is 6.07 Å². The first kappa shape index (κ1) is 18.5. The normalized spacial score (nSPS) is 10.2. The highest BCUT2D eigenvalue weighted by atomic mass is 35.5. The van der Waals surface area contributed by atoms with Crippen LogP contribution in [0.25, 0.3) is 0 Å². The lowest BCUT2D eigenvalue weighted by atomic mass is 10.2. The second kappa shape index (κ2) is 8.42. The van der Waals surface area contributed by atoms with Gasteiger partial charge >= 0.3 is 0 Å². The Bertz CT molecular complexity index is 963. The molecule has 2 N–H and O–H groups in total. The second-order valence-corrected chi connectivity index (χ2v) is 6.00. The molecule has 0 aliphatic heterocycles. The third-order valence-electron chi connectivity index (χ3n) is 3.76. The van der Waals surface area contributed by atoms with Gasteiger partial charge in [0.05, 0.1) is 19.2 Å². The summed E-state index contributed by atoms with van der Waals surface area (Å²) in [5, 5.41) is 6.49. The molecule has 1 amide bonds. The molecular formula is C20H18ClN3O3. The number of nitrogens with one attached hydrogen (secondary N) is 2. The van der Waals surface area contributed by atoms with Gasteiger partial charge in [0, 0.05) is 29.3 Å². The van der Waals surface area contributed by atoms with Crippen molar-refractivity contribution in [3.05, 3.63) is 71.5 Å². The topological polar surface area (TPSA) is 72.5 Å². The predicted octanol–water partition coefficient (Wildman–Crippen LogP) is 4.75. The molecule has 0 unspecified atom stereocenters. The van der Waals surface area contributed by atoms with Gasteiger partial charge < -0.3 is 20.1 Å². The molecule has 0 radical (unpaired) electrons. The van der Waals surface area contributed by atoms with E-state index in [2.05, 4.69) is 15.6 Å². The van der Waals surface area contributed by atoms with Crippen LogP contribution in [0.1, 0.15) is 10.5 Å². The van der Waals surface area contributed by atoms with E-state index in [0.717, 1.165) is 5.69 Å². The fraction of sp³-hybridized carbons (Fsp3) is 0.100. The van der Waals surface area contributed by atoms with Gasteiger partial charge in [-0.3, -0.25) is 9.78 Å². The van der Waals surface area contributed by atoms with Gasteiger partial charge in [-0.25, -0.2) is 0 Å². The number of rotatable bonds is 6. The lowest BCUT2D eigenvalue weighted by molar-refractivity contribution is 0.102. The summed E-state index contributed by atoms with van der Waals surface area (Å²) in [4.78, 5) is 16.6. The molecule has 6 nitrogen and oxygen atoms in total. The van der Waals surface area contributed by atoms with E-state index in [9.17, 15) is 4.79 Å². The Morgan fingerprint density at radius 2 is 1.78 bits per heavy atom. The summed E-state index contributed by atoms with van der Waals surface area (Å²) in [6.45, 7) is 0. The summed E-state index contributed by atoms with van der Waals surface area (Å²) < 4.78 is 10.3. The highest BCUT2D eigenvalue weighted by molar-refractivity contribution is 6.32. The maximum atomic E-state index is 12.5. The van der Waals surface area contributed by atoms with Crippen molar-refractivity contribution >= 4 is 34.6 Å². The molecule has 27 heavy (non-hydrogen) atoms. The standard InChI is InChI=1S/C20H18ClN3O3/c1-26-16-5-3-4-13(10-16)24-20(25)18-12-15(8-9-22-18)23-14-6-7-19(27-2)17(21)11-14/h3-12H,1-2H3,(H,22,23)(H,24,25). The number of ether oxygens (including phenoxy) is 2. The molecule has 0 aliphatic rings. The lowest BCUT2D eigenvalue weighted by Crippen LogP contribution is -2.13. The molecule has 2 aromatic carbocycles. The number of halogens is 1. The molecule has 0 saturated carbocycles. The van der Waals surface area contributed by atoms with Crippen LogP contribution in [0.4, 0.5) is 17.1 Å². The molecule has 3 aromatic rings. The molecule has 0 atom stereocenters. The number of aromatic nitrogens is 1. The first-order valence-corrected chi connectivity index (χ1v) is 8.49. The molecule has 0 aliphatic carbocycles. The average molecular weight is 384 g/mol. The zero-order valence-corrected chi connectivity index (χ0v) is 15.6. The van der Waals surface area contributed by atoms with E-state index in [-0.39, 0.29) is 11.6 Å². The Morgan fingerprint density at radius 3 is 2.52 bits per heavy atom. The molecule has 0 spiro atoms. The summed E-state index contributed by atoms with van der Waals surface area (Å²) in [5.74, 6) is 0.933. The number of methoxy groups -OCH3 is 2. The monoisotopic (exact) mass is 383 g/mol. The summed E-state index contributed by atoms with van der Waals surface area (Å²) >= 11 is 6.14. The van der Waals surface area contributed by atoms with Crippen LogP contribution in [0.5, 0.6) is 11.5 Å². The van der Waals surface area contributed by atoms with Crippen LogP contribution in [-0.2, 0) is 0 Å². The fourth-order valence-corrected chi connectivity index (χ4v) is 2.70. The molecule has 0 saturated heterocycles. The van der Waals surface area contributed by atoms with Gasteiger partial charge in [0.2, 0.25) is 0 Å². The van der Waals surface area contributed by atoms with Gasteiger partial charge in [-0.05, 0) is 42.5 Å². The number of benzene rings is 2. The van der Waals surface area contributed by atoms with Crippen LogP contribution in [0.2, 0.25) is 5.02 Å². The minimum atomic E-state index is -0.320. The van der Waals surface area contributed by atoms with Gasteiger partial charge in [0.1, 0.15) is 17.2 Å². The summed E-state index contributed by atoms with van der Waals surface area (Å²) in [6.07, 6.45) is 1.56. The van der Waals surface area contributed by atoms with E-state index in [1.54, 1.807) is 68.9 Å². The van der Waals surface area contributed by atoms with Crippen LogP contribution in [0.3, 0.4) is 0 Å². The van der Waals surface area contributed by atoms with Crippen molar-refractivity contribution in [1.29, 1.82) is 0 Å². The molecule has 7 heteroatoms. The van der Waals surface area contributed by atoms with Gasteiger partial charge in [0.25, 0.3) is 5.91 Å². The zero-order chi connectivity index (χ0) is 19.2. The number of nitrogens with zero attached hydrogens (tertiary/aromatic N) is 1.